The van der Waals surface area contributed by atoms with Gasteiger partial charge in [0.1, 0.15) is 0 Å². The molecule has 2 bridgehead atoms. The number of fused-ring (bicyclic) bond motifs is 2. The third-order valence-corrected chi connectivity index (χ3v) is 7.97. The van der Waals surface area contributed by atoms with Gasteiger partial charge in [0, 0.05) is 22.6 Å². The Hall–Kier alpha value is -1.86. The molecule has 1 heterocycles. The minimum Gasteiger partial charge on any atom is -0.860 e. The smallest absolute Gasteiger partial charge is 0.282 e. The molecule has 5 nitrogen and oxygen atoms in total. The Kier molecular flexibility index (Phi) is 5.26. The highest BCUT2D eigenvalue weighted by atomic mass is 79.9. The predicted molar refractivity (Wildman–Crippen MR) is 120 cm³/mol. The Morgan fingerprint density at radius 3 is 2.50 bits per heavy atom. The lowest BCUT2D eigenvalue weighted by Gasteiger charge is -2.40. The zero-order valence-corrected chi connectivity index (χ0v) is 19.8. The number of hydrogen-bond acceptors (Lipinski definition) is 4. The monoisotopic (exact) mass is 489 g/mol. The minimum absolute atomic E-state index is 0.0965. The van der Waals surface area contributed by atoms with Crippen LogP contribution >= 0.6 is 15.9 Å². The maximum Gasteiger partial charge on any atom is 0.282 e. The van der Waals surface area contributed by atoms with Crippen LogP contribution in [-0.2, 0) is 10.0 Å². The molecule has 7 heteroatoms. The zero-order chi connectivity index (χ0) is 21.7. The van der Waals surface area contributed by atoms with E-state index in [1.165, 1.54) is 12.1 Å². The first-order chi connectivity index (χ1) is 14.0. The van der Waals surface area contributed by atoms with E-state index in [9.17, 15) is 13.5 Å². The van der Waals surface area contributed by atoms with Gasteiger partial charge >= 0.3 is 0 Å². The molecule has 3 aliphatic rings. The van der Waals surface area contributed by atoms with Crippen molar-refractivity contribution in [3.8, 4) is 0 Å². The standard InChI is InChI=1S/C23H27BrN2O3S/c1-22(2)12-17-13-23(3,14-22)15-26(17)21(27)19-6-4-5-7-20(19)25-30(28,29)18-10-8-16(24)9-11-18/h4-11,17,27H,12-15H2,1-3H3/p-1/t17-,23-/m1/s1. The quantitative estimate of drug-likeness (QED) is 0.596. The van der Waals surface area contributed by atoms with Crippen molar-refractivity contribution in [3.05, 3.63) is 64.5 Å². The molecule has 2 fully saturated rings. The number of benzene rings is 1. The topological polar surface area (TPSA) is 72.8 Å². The number of halogens is 1. The van der Waals surface area contributed by atoms with Crippen molar-refractivity contribution in [2.45, 2.75) is 51.0 Å². The van der Waals surface area contributed by atoms with Crippen LogP contribution in [0.4, 0.5) is 0 Å². The number of sulfonamides is 1. The Morgan fingerprint density at radius 1 is 1.13 bits per heavy atom. The van der Waals surface area contributed by atoms with Crippen LogP contribution < -0.4 is 5.11 Å². The van der Waals surface area contributed by atoms with Crippen LogP contribution in [0.25, 0.3) is 0 Å². The van der Waals surface area contributed by atoms with Gasteiger partial charge in [-0.15, -0.1) is 0 Å². The van der Waals surface area contributed by atoms with Gasteiger partial charge in [-0.25, -0.2) is 0 Å². The number of likely N-dealkylation sites (tertiary alicyclic amines) is 1. The van der Waals surface area contributed by atoms with Crippen molar-refractivity contribution in [1.29, 1.82) is 0 Å². The Bertz CT molecular complexity index is 1080. The molecule has 0 N–H and O–H groups in total. The summed E-state index contributed by atoms with van der Waals surface area (Å²) in [5.74, 6) is -0.133. The fraction of sp³-hybridized carbons (Fsp3) is 0.435. The highest BCUT2D eigenvalue weighted by Crippen LogP contribution is 2.53. The second-order valence-corrected chi connectivity index (χ2v) is 12.2. The molecule has 2 atom stereocenters. The van der Waals surface area contributed by atoms with Gasteiger partial charge in [0.15, 0.2) is 0 Å². The molecule has 0 amide bonds. The van der Waals surface area contributed by atoms with Crippen molar-refractivity contribution in [2.75, 3.05) is 6.54 Å². The van der Waals surface area contributed by atoms with Crippen LogP contribution in [0.1, 0.15) is 40.0 Å². The van der Waals surface area contributed by atoms with Crippen molar-refractivity contribution in [1.82, 2.24) is 4.90 Å². The average Bonchev–Trinajstić information content (AvgIpc) is 2.90. The molecule has 0 aromatic heterocycles. The first-order valence-corrected chi connectivity index (χ1v) is 12.4. The van der Waals surface area contributed by atoms with Crippen LogP contribution in [0.5, 0.6) is 0 Å². The molecule has 1 aromatic carbocycles. The molecule has 2 aliphatic carbocycles. The third kappa shape index (κ3) is 4.14. The Balaban J connectivity index is 1.71. The SMILES string of the molecule is CC1(C)C[C@@H]2C[C@@](C)(CN2C([O-])=C2C=CC=CC2=NS(=O)(=O)c2ccc(Br)cc2)C1. The van der Waals surface area contributed by atoms with Gasteiger partial charge in [-0.05, 0) is 66.3 Å². The van der Waals surface area contributed by atoms with E-state index in [-0.39, 0.29) is 33.4 Å². The first kappa shape index (κ1) is 21.4. The molecule has 4 rings (SSSR count). The maximum atomic E-state index is 13.5. The van der Waals surface area contributed by atoms with E-state index in [0.717, 1.165) is 23.7 Å². The molecule has 30 heavy (non-hydrogen) atoms. The first-order valence-electron chi connectivity index (χ1n) is 10.1. The van der Waals surface area contributed by atoms with E-state index >= 15 is 0 Å². The van der Waals surface area contributed by atoms with Crippen molar-refractivity contribution in [3.63, 3.8) is 0 Å². The second-order valence-electron chi connectivity index (χ2n) is 9.68. The maximum absolute atomic E-state index is 13.5. The van der Waals surface area contributed by atoms with Gasteiger partial charge in [-0.3, -0.25) is 0 Å². The van der Waals surface area contributed by atoms with Crippen LogP contribution in [0.3, 0.4) is 0 Å². The fourth-order valence-corrected chi connectivity index (χ4v) is 6.64. The fourth-order valence-electron chi connectivity index (χ4n) is 5.37. The molecular formula is C23H26BrN2O3S-. The number of hydrogen-bond donors (Lipinski definition) is 0. The second kappa shape index (κ2) is 7.38. The summed E-state index contributed by atoms with van der Waals surface area (Å²) in [6.07, 6.45) is 9.78. The summed E-state index contributed by atoms with van der Waals surface area (Å²) in [6.45, 7) is 7.48. The minimum atomic E-state index is -3.92. The molecule has 0 radical (unpaired) electrons. The predicted octanol–water partition coefficient (Wildman–Crippen LogP) is 4.18. The largest absolute Gasteiger partial charge is 0.860 e. The van der Waals surface area contributed by atoms with Crippen molar-refractivity contribution < 1.29 is 13.5 Å². The van der Waals surface area contributed by atoms with E-state index in [0.29, 0.717) is 12.1 Å². The molecule has 0 unspecified atom stereocenters. The molecule has 1 saturated carbocycles. The summed E-state index contributed by atoms with van der Waals surface area (Å²) >= 11 is 3.31. The summed E-state index contributed by atoms with van der Waals surface area (Å²) in [5.41, 5.74) is 0.836. The van der Waals surface area contributed by atoms with Gasteiger partial charge in [0.2, 0.25) is 0 Å². The summed E-state index contributed by atoms with van der Waals surface area (Å²) in [7, 11) is -3.92. The summed E-state index contributed by atoms with van der Waals surface area (Å²) < 4.78 is 30.5. The molecule has 1 aromatic rings. The highest BCUT2D eigenvalue weighted by Gasteiger charge is 2.49. The lowest BCUT2D eigenvalue weighted by molar-refractivity contribution is -0.335. The molecule has 1 aliphatic heterocycles. The molecule has 160 valence electrons. The van der Waals surface area contributed by atoms with E-state index < -0.39 is 10.0 Å². The Morgan fingerprint density at radius 2 is 1.80 bits per heavy atom. The normalized spacial score (nSPS) is 30.7. The molecule has 0 spiro atoms. The van der Waals surface area contributed by atoms with Crippen LogP contribution in [0.15, 0.2) is 73.8 Å². The highest BCUT2D eigenvalue weighted by molar-refractivity contribution is 9.10. The lowest BCUT2D eigenvalue weighted by atomic mass is 9.65. The zero-order valence-electron chi connectivity index (χ0n) is 17.4. The molecular weight excluding hydrogens is 464 g/mol. The van der Waals surface area contributed by atoms with Crippen LogP contribution in [-0.4, -0.2) is 31.6 Å². The lowest BCUT2D eigenvalue weighted by Crippen LogP contribution is -2.38. The van der Waals surface area contributed by atoms with Crippen LogP contribution in [0, 0.1) is 10.8 Å². The average molecular weight is 490 g/mol. The van der Waals surface area contributed by atoms with E-state index in [4.69, 9.17) is 0 Å². The summed E-state index contributed by atoms with van der Waals surface area (Å²) in [5, 5.41) is 13.5. The number of allylic oxidation sites excluding steroid dienone is 5. The van der Waals surface area contributed by atoms with Crippen LogP contribution in [0.2, 0.25) is 0 Å². The van der Waals surface area contributed by atoms with Crippen molar-refractivity contribution in [2.24, 2.45) is 15.2 Å². The van der Waals surface area contributed by atoms with Gasteiger partial charge in [-0.2, -0.15) is 12.8 Å². The third-order valence-electron chi connectivity index (χ3n) is 6.14. The van der Waals surface area contributed by atoms with E-state index in [2.05, 4.69) is 41.1 Å². The van der Waals surface area contributed by atoms with Gasteiger partial charge < -0.3 is 10.0 Å². The number of rotatable bonds is 3. The summed E-state index contributed by atoms with van der Waals surface area (Å²) in [4.78, 5) is 2.04. The summed E-state index contributed by atoms with van der Waals surface area (Å²) in [6, 6.07) is 6.50. The van der Waals surface area contributed by atoms with E-state index in [1.807, 2.05) is 4.90 Å². The number of nitrogens with zero attached hydrogens (tertiary/aromatic N) is 2. The van der Waals surface area contributed by atoms with Crippen molar-refractivity contribution >= 4 is 31.7 Å². The van der Waals surface area contributed by atoms with Gasteiger partial charge in [0.25, 0.3) is 10.0 Å². The van der Waals surface area contributed by atoms with E-state index in [1.54, 1.807) is 36.4 Å². The van der Waals surface area contributed by atoms with Gasteiger partial charge in [0.05, 0.1) is 10.6 Å². The van der Waals surface area contributed by atoms with Gasteiger partial charge in [-0.1, -0.05) is 54.9 Å². The molecule has 1 saturated heterocycles. The Labute approximate surface area is 187 Å².